The van der Waals surface area contributed by atoms with Gasteiger partial charge in [0, 0.05) is 5.56 Å². The summed E-state index contributed by atoms with van der Waals surface area (Å²) in [6.07, 6.45) is 0.531. The summed E-state index contributed by atoms with van der Waals surface area (Å²) < 4.78 is 0. The van der Waals surface area contributed by atoms with E-state index < -0.39 is 5.97 Å². The molecule has 1 N–H and O–H groups in total. The maximum atomic E-state index is 10.5. The monoisotopic (exact) mass is 218 g/mol. The highest BCUT2D eigenvalue weighted by Crippen LogP contribution is 2.02. The molecule has 0 spiro atoms. The van der Waals surface area contributed by atoms with Gasteiger partial charge in [-0.25, -0.2) is 0 Å². The van der Waals surface area contributed by atoms with E-state index in [1.54, 1.807) is 24.3 Å². The van der Waals surface area contributed by atoms with Crippen molar-refractivity contribution in [3.63, 3.8) is 0 Å². The number of carbonyl (C=O) groups excluding carboxylic acids is 1. The molecule has 16 heavy (non-hydrogen) atoms. The second kappa shape index (κ2) is 5.89. The van der Waals surface area contributed by atoms with Gasteiger partial charge in [-0.1, -0.05) is 24.3 Å². The summed E-state index contributed by atoms with van der Waals surface area (Å²) in [7, 11) is 2.00. The molecule has 0 saturated heterocycles. The van der Waals surface area contributed by atoms with Crippen molar-refractivity contribution in [2.45, 2.75) is 13.0 Å². The van der Waals surface area contributed by atoms with Gasteiger partial charge in [-0.05, 0) is 5.56 Å². The van der Waals surface area contributed by atoms with E-state index in [4.69, 9.17) is 5.26 Å². The second-order valence-electron chi connectivity index (χ2n) is 3.78. The fourth-order valence-electron chi connectivity index (χ4n) is 1.46. The van der Waals surface area contributed by atoms with Crippen LogP contribution in [0.3, 0.4) is 0 Å². The van der Waals surface area contributed by atoms with Crippen molar-refractivity contribution in [1.82, 2.24) is 0 Å². The molecule has 1 aromatic rings. The highest BCUT2D eigenvalue weighted by atomic mass is 16.4. The van der Waals surface area contributed by atoms with Crippen LogP contribution >= 0.6 is 0 Å². The molecule has 0 aliphatic carbocycles. The zero-order valence-electron chi connectivity index (χ0n) is 9.19. The van der Waals surface area contributed by atoms with E-state index in [-0.39, 0.29) is 5.56 Å². The predicted molar refractivity (Wildman–Crippen MR) is 56.5 cm³/mol. The first-order chi connectivity index (χ1) is 7.63. The van der Waals surface area contributed by atoms with Crippen molar-refractivity contribution in [3.8, 4) is 6.07 Å². The number of benzene rings is 1. The molecule has 0 radical (unpaired) electrons. The van der Waals surface area contributed by atoms with E-state index in [9.17, 15) is 9.90 Å². The lowest BCUT2D eigenvalue weighted by Gasteiger charge is -2.12. The quantitative estimate of drug-likeness (QED) is 0.687. The van der Waals surface area contributed by atoms with Gasteiger partial charge in [0.05, 0.1) is 32.1 Å². The molecule has 0 aliphatic rings. The van der Waals surface area contributed by atoms with Crippen LogP contribution in [-0.4, -0.2) is 19.6 Å². The van der Waals surface area contributed by atoms with Crippen LogP contribution in [0, 0.1) is 11.3 Å². The summed E-state index contributed by atoms with van der Waals surface area (Å²) in [5.41, 5.74) is 1.25. The molecular weight excluding hydrogens is 204 g/mol. The molecule has 4 heteroatoms. The summed E-state index contributed by atoms with van der Waals surface area (Å²) in [4.78, 5) is 11.7. The number of carboxylic acid groups (broad SMARTS) is 1. The minimum absolute atomic E-state index is 0.193. The summed E-state index contributed by atoms with van der Waals surface area (Å²) >= 11 is 0. The maximum absolute atomic E-state index is 10.5. The zero-order valence-corrected chi connectivity index (χ0v) is 9.19. The molecule has 0 heterocycles. The molecule has 0 aliphatic heterocycles. The molecule has 1 atom stereocenters. The number of carbonyl (C=O) groups is 1. The minimum Gasteiger partial charge on any atom is -0.545 e. The van der Waals surface area contributed by atoms with Crippen molar-refractivity contribution in [3.05, 3.63) is 35.4 Å². The van der Waals surface area contributed by atoms with E-state index in [0.29, 0.717) is 6.42 Å². The van der Waals surface area contributed by atoms with Gasteiger partial charge in [-0.15, -0.1) is 0 Å². The largest absolute Gasteiger partial charge is 0.545 e. The van der Waals surface area contributed by atoms with Gasteiger partial charge in [0.2, 0.25) is 0 Å². The lowest BCUT2D eigenvalue weighted by Crippen LogP contribution is -3.07. The molecule has 0 saturated carbocycles. The Balaban J connectivity index is 2.55. The van der Waals surface area contributed by atoms with Crippen molar-refractivity contribution in [2.24, 2.45) is 0 Å². The standard InChI is InChI=1S/C12H14N2O2/c1-14(8-2-7-13)9-10-3-5-11(6-4-10)12(15)16/h3-6H,2,8-9H2,1H3,(H,15,16). The SMILES string of the molecule is C[NH+](CCC#N)Cc1ccc(C(=O)[O-])cc1. The highest BCUT2D eigenvalue weighted by molar-refractivity contribution is 5.85. The van der Waals surface area contributed by atoms with E-state index >= 15 is 0 Å². The predicted octanol–water partition coefficient (Wildman–Crippen LogP) is -1.02. The first-order valence-corrected chi connectivity index (χ1v) is 5.12. The fourth-order valence-corrected chi connectivity index (χ4v) is 1.46. The number of nitriles is 1. The summed E-state index contributed by atoms with van der Waals surface area (Å²) in [6, 6.07) is 8.75. The number of carboxylic acids is 1. The molecule has 0 amide bonds. The lowest BCUT2D eigenvalue weighted by atomic mass is 10.1. The van der Waals surface area contributed by atoms with E-state index in [2.05, 4.69) is 6.07 Å². The average Bonchev–Trinajstić information content (AvgIpc) is 2.27. The van der Waals surface area contributed by atoms with Gasteiger partial charge in [0.15, 0.2) is 0 Å². The molecule has 0 fully saturated rings. The highest BCUT2D eigenvalue weighted by Gasteiger charge is 2.03. The van der Waals surface area contributed by atoms with Gasteiger partial charge in [0.1, 0.15) is 6.54 Å². The Morgan fingerprint density at radius 2 is 2.06 bits per heavy atom. The minimum atomic E-state index is -1.16. The topological polar surface area (TPSA) is 68.4 Å². The summed E-state index contributed by atoms with van der Waals surface area (Å²) in [6.45, 7) is 1.58. The Morgan fingerprint density at radius 3 is 2.56 bits per heavy atom. The molecule has 1 unspecified atom stereocenters. The number of aromatic carboxylic acids is 1. The first kappa shape index (κ1) is 12.2. The molecule has 4 nitrogen and oxygen atoms in total. The van der Waals surface area contributed by atoms with Gasteiger partial charge in [0.25, 0.3) is 0 Å². The third-order valence-electron chi connectivity index (χ3n) is 2.36. The number of rotatable bonds is 5. The molecule has 0 bridgehead atoms. The van der Waals surface area contributed by atoms with Crippen LogP contribution in [0.4, 0.5) is 0 Å². The van der Waals surface area contributed by atoms with Crippen LogP contribution in [0.25, 0.3) is 0 Å². The Morgan fingerprint density at radius 1 is 1.44 bits per heavy atom. The van der Waals surface area contributed by atoms with Gasteiger partial charge in [-0.2, -0.15) is 5.26 Å². The van der Waals surface area contributed by atoms with Crippen molar-refractivity contribution < 1.29 is 14.8 Å². The lowest BCUT2D eigenvalue weighted by molar-refractivity contribution is -0.893. The van der Waals surface area contributed by atoms with Crippen molar-refractivity contribution in [2.75, 3.05) is 13.6 Å². The van der Waals surface area contributed by atoms with Gasteiger partial charge >= 0.3 is 0 Å². The van der Waals surface area contributed by atoms with Crippen LogP contribution in [0.15, 0.2) is 24.3 Å². The molecule has 1 aromatic carbocycles. The van der Waals surface area contributed by atoms with Crippen LogP contribution < -0.4 is 10.0 Å². The number of nitrogens with one attached hydrogen (secondary N) is 1. The Labute approximate surface area is 94.7 Å². The fraction of sp³-hybridized carbons (Fsp3) is 0.333. The average molecular weight is 218 g/mol. The normalized spacial score (nSPS) is 11.8. The van der Waals surface area contributed by atoms with Crippen LogP contribution in [0.5, 0.6) is 0 Å². The summed E-state index contributed by atoms with van der Waals surface area (Å²) in [5, 5.41) is 19.0. The number of nitrogens with zero attached hydrogens (tertiary/aromatic N) is 1. The number of quaternary nitrogens is 1. The summed E-state index contributed by atoms with van der Waals surface area (Å²) in [5.74, 6) is -1.16. The van der Waals surface area contributed by atoms with Crippen LogP contribution in [0.2, 0.25) is 0 Å². The molecular formula is C12H14N2O2. The Kier molecular flexibility index (Phi) is 4.49. The van der Waals surface area contributed by atoms with Crippen molar-refractivity contribution in [1.29, 1.82) is 5.26 Å². The smallest absolute Gasteiger partial charge is 0.103 e. The second-order valence-corrected chi connectivity index (χ2v) is 3.78. The Bertz CT molecular complexity index is 392. The number of hydrogen-bond acceptors (Lipinski definition) is 3. The Hall–Kier alpha value is -1.86. The molecule has 84 valence electrons. The zero-order chi connectivity index (χ0) is 12.0. The van der Waals surface area contributed by atoms with Gasteiger partial charge in [-0.3, -0.25) is 0 Å². The van der Waals surface area contributed by atoms with E-state index in [1.807, 2.05) is 7.05 Å². The van der Waals surface area contributed by atoms with Crippen LogP contribution in [-0.2, 0) is 6.54 Å². The van der Waals surface area contributed by atoms with Crippen LogP contribution in [0.1, 0.15) is 22.3 Å². The maximum Gasteiger partial charge on any atom is 0.103 e. The van der Waals surface area contributed by atoms with Gasteiger partial charge < -0.3 is 14.8 Å². The van der Waals surface area contributed by atoms with E-state index in [1.165, 1.54) is 4.90 Å². The van der Waals surface area contributed by atoms with E-state index in [0.717, 1.165) is 18.7 Å². The molecule has 0 aromatic heterocycles. The third-order valence-corrected chi connectivity index (χ3v) is 2.36. The first-order valence-electron chi connectivity index (χ1n) is 5.12. The van der Waals surface area contributed by atoms with Crippen molar-refractivity contribution >= 4 is 5.97 Å². The number of hydrogen-bond donors (Lipinski definition) is 1. The third kappa shape index (κ3) is 3.71. The molecule has 1 rings (SSSR count).